The molecule has 1 fully saturated rings. The number of benzene rings is 1. The minimum Gasteiger partial charge on any atom is -0.367 e. The van der Waals surface area contributed by atoms with Crippen LogP contribution in [-0.2, 0) is 6.54 Å². The highest BCUT2D eigenvalue weighted by atomic mass is 32.1. The third-order valence-electron chi connectivity index (χ3n) is 5.77. The molecule has 0 spiro atoms. The molecule has 5 rings (SSSR count). The number of nitrogens with zero attached hydrogens (tertiary/aromatic N) is 3. The number of nitrogens with one attached hydrogen (secondary N) is 1. The summed E-state index contributed by atoms with van der Waals surface area (Å²) in [7, 11) is 0. The number of carbonyl (C=O) groups is 2. The molecule has 0 saturated heterocycles. The van der Waals surface area contributed by atoms with Gasteiger partial charge in [-0.05, 0) is 31.0 Å². The molecule has 2 amide bonds. The quantitative estimate of drug-likeness (QED) is 0.505. The van der Waals surface area contributed by atoms with E-state index in [1.54, 1.807) is 30.6 Å². The smallest absolute Gasteiger partial charge is 0.261 e. The Kier molecular flexibility index (Phi) is 4.75. The minimum atomic E-state index is -0.231. The van der Waals surface area contributed by atoms with Crippen molar-refractivity contribution in [2.75, 3.05) is 5.32 Å². The highest BCUT2D eigenvalue weighted by Gasteiger charge is 2.35. The standard InChI is InChI=1S/C22H22N4O2S/c27-21-16-9-5-6-10-17(16)22(28)26(21)12-15-11-18-19(23-13-24-20(18)29-15)25-14-7-3-1-2-4-8-14/h5-6,9-11,13-14H,1-4,7-8,12H2,(H,23,24,25). The molecule has 1 saturated carbocycles. The average molecular weight is 407 g/mol. The summed E-state index contributed by atoms with van der Waals surface area (Å²) in [5.74, 6) is 0.392. The largest absolute Gasteiger partial charge is 0.367 e. The molecule has 29 heavy (non-hydrogen) atoms. The number of hydrogen-bond donors (Lipinski definition) is 1. The second-order valence-electron chi connectivity index (χ2n) is 7.73. The predicted octanol–water partition coefficient (Wildman–Crippen LogP) is 4.62. The summed E-state index contributed by atoms with van der Waals surface area (Å²) in [6, 6.07) is 9.45. The van der Waals surface area contributed by atoms with Gasteiger partial charge in [-0.25, -0.2) is 9.97 Å². The lowest BCUT2D eigenvalue weighted by atomic mass is 10.1. The summed E-state index contributed by atoms with van der Waals surface area (Å²) in [5.41, 5.74) is 0.961. The molecule has 0 atom stereocenters. The molecule has 0 radical (unpaired) electrons. The fourth-order valence-corrected chi connectivity index (χ4v) is 5.24. The number of hydrogen-bond acceptors (Lipinski definition) is 6. The molecule has 1 aliphatic heterocycles. The molecule has 7 heteroatoms. The number of amides is 2. The van der Waals surface area contributed by atoms with Gasteiger partial charge in [0.15, 0.2) is 0 Å². The van der Waals surface area contributed by atoms with Crippen molar-refractivity contribution in [3.05, 3.63) is 52.7 Å². The molecule has 148 valence electrons. The number of fused-ring (bicyclic) bond motifs is 2. The van der Waals surface area contributed by atoms with Crippen molar-refractivity contribution in [2.24, 2.45) is 0 Å². The van der Waals surface area contributed by atoms with E-state index in [0.29, 0.717) is 17.2 Å². The van der Waals surface area contributed by atoms with Crippen LogP contribution in [0.2, 0.25) is 0 Å². The Morgan fingerprint density at radius 2 is 1.69 bits per heavy atom. The van der Waals surface area contributed by atoms with Crippen molar-refractivity contribution < 1.29 is 9.59 Å². The van der Waals surface area contributed by atoms with Crippen LogP contribution in [0, 0.1) is 0 Å². The number of thiophene rings is 1. The Hall–Kier alpha value is -2.80. The third kappa shape index (κ3) is 3.40. The molecule has 0 bridgehead atoms. The number of aromatic nitrogens is 2. The van der Waals surface area contributed by atoms with E-state index >= 15 is 0 Å². The summed E-state index contributed by atoms with van der Waals surface area (Å²) >= 11 is 1.51. The summed E-state index contributed by atoms with van der Waals surface area (Å²) < 4.78 is 0. The van der Waals surface area contributed by atoms with Gasteiger partial charge in [0, 0.05) is 10.9 Å². The lowest BCUT2D eigenvalue weighted by Gasteiger charge is -2.17. The van der Waals surface area contributed by atoms with Crippen LogP contribution in [0.3, 0.4) is 0 Å². The van der Waals surface area contributed by atoms with Gasteiger partial charge < -0.3 is 5.32 Å². The Morgan fingerprint density at radius 3 is 2.38 bits per heavy atom. The number of rotatable bonds is 4. The highest BCUT2D eigenvalue weighted by Crippen LogP contribution is 2.32. The second kappa shape index (κ2) is 7.55. The summed E-state index contributed by atoms with van der Waals surface area (Å²) in [6.45, 7) is 0.260. The van der Waals surface area contributed by atoms with Crippen molar-refractivity contribution in [1.29, 1.82) is 0 Å². The lowest BCUT2D eigenvalue weighted by Crippen LogP contribution is -2.28. The van der Waals surface area contributed by atoms with E-state index in [2.05, 4.69) is 15.3 Å². The maximum atomic E-state index is 12.7. The zero-order valence-corrected chi connectivity index (χ0v) is 16.9. The van der Waals surface area contributed by atoms with E-state index in [9.17, 15) is 9.59 Å². The maximum absolute atomic E-state index is 12.7. The summed E-state index contributed by atoms with van der Waals surface area (Å²) in [5, 5.41) is 4.58. The minimum absolute atomic E-state index is 0.231. The van der Waals surface area contributed by atoms with Crippen molar-refractivity contribution in [3.63, 3.8) is 0 Å². The molecule has 1 aromatic carbocycles. The predicted molar refractivity (Wildman–Crippen MR) is 113 cm³/mol. The van der Waals surface area contributed by atoms with Gasteiger partial charge in [-0.15, -0.1) is 11.3 Å². The molecule has 0 unspecified atom stereocenters. The van der Waals surface area contributed by atoms with E-state index in [-0.39, 0.29) is 18.4 Å². The van der Waals surface area contributed by atoms with Crippen LogP contribution in [0.5, 0.6) is 0 Å². The van der Waals surface area contributed by atoms with Gasteiger partial charge in [-0.3, -0.25) is 14.5 Å². The monoisotopic (exact) mass is 406 g/mol. The van der Waals surface area contributed by atoms with Crippen LogP contribution in [0.1, 0.15) is 64.1 Å². The Morgan fingerprint density at radius 1 is 1.00 bits per heavy atom. The zero-order valence-electron chi connectivity index (χ0n) is 16.1. The van der Waals surface area contributed by atoms with Crippen LogP contribution in [0.4, 0.5) is 5.82 Å². The molecular formula is C22H22N4O2S. The first-order valence-electron chi connectivity index (χ1n) is 10.2. The third-order valence-corrected chi connectivity index (χ3v) is 6.80. The van der Waals surface area contributed by atoms with Crippen molar-refractivity contribution in [3.8, 4) is 0 Å². The SMILES string of the molecule is O=C1c2ccccc2C(=O)N1Cc1cc2c(NC3CCCCCC3)ncnc2s1. The van der Waals surface area contributed by atoms with Gasteiger partial charge in [0.1, 0.15) is 17.0 Å². The van der Waals surface area contributed by atoms with Crippen LogP contribution in [0.25, 0.3) is 10.2 Å². The van der Waals surface area contributed by atoms with E-state index in [0.717, 1.165) is 33.8 Å². The van der Waals surface area contributed by atoms with Gasteiger partial charge in [0.2, 0.25) is 0 Å². The molecule has 6 nitrogen and oxygen atoms in total. The normalized spacial score (nSPS) is 17.6. The molecule has 3 heterocycles. The fraction of sp³-hybridized carbons (Fsp3) is 0.364. The first-order chi connectivity index (χ1) is 14.2. The maximum Gasteiger partial charge on any atom is 0.261 e. The van der Waals surface area contributed by atoms with Gasteiger partial charge in [-0.1, -0.05) is 37.8 Å². The molecule has 2 aromatic heterocycles. The molecule has 3 aromatic rings. The zero-order chi connectivity index (χ0) is 19.8. The lowest BCUT2D eigenvalue weighted by molar-refractivity contribution is 0.0644. The van der Waals surface area contributed by atoms with E-state index in [4.69, 9.17) is 0 Å². The van der Waals surface area contributed by atoms with Gasteiger partial charge in [-0.2, -0.15) is 0 Å². The first-order valence-corrected chi connectivity index (χ1v) is 11.0. The fourth-order valence-electron chi connectivity index (χ4n) is 4.25. The number of carbonyl (C=O) groups excluding carboxylic acids is 2. The first kappa shape index (κ1) is 18.2. The molecule has 2 aliphatic rings. The molecule has 1 N–H and O–H groups in total. The van der Waals surface area contributed by atoms with Gasteiger partial charge >= 0.3 is 0 Å². The highest BCUT2D eigenvalue weighted by molar-refractivity contribution is 7.18. The van der Waals surface area contributed by atoms with Crippen LogP contribution in [0.15, 0.2) is 36.7 Å². The van der Waals surface area contributed by atoms with E-state index in [1.165, 1.54) is 41.9 Å². The van der Waals surface area contributed by atoms with Crippen LogP contribution < -0.4 is 5.32 Å². The topological polar surface area (TPSA) is 75.2 Å². The van der Waals surface area contributed by atoms with Gasteiger partial charge in [0.05, 0.1) is 23.1 Å². The molecule has 1 aliphatic carbocycles. The van der Waals surface area contributed by atoms with Crippen LogP contribution in [-0.4, -0.2) is 32.7 Å². The second-order valence-corrected chi connectivity index (χ2v) is 8.84. The number of anilines is 1. The van der Waals surface area contributed by atoms with E-state index < -0.39 is 0 Å². The average Bonchev–Trinajstić information content (AvgIpc) is 3.12. The summed E-state index contributed by atoms with van der Waals surface area (Å²) in [4.78, 5) is 37.3. The van der Waals surface area contributed by atoms with Crippen LogP contribution >= 0.6 is 11.3 Å². The van der Waals surface area contributed by atoms with Crippen molar-refractivity contribution in [1.82, 2.24) is 14.9 Å². The van der Waals surface area contributed by atoms with Crippen molar-refractivity contribution in [2.45, 2.75) is 51.1 Å². The van der Waals surface area contributed by atoms with Gasteiger partial charge in [0.25, 0.3) is 11.8 Å². The Labute approximate surface area is 173 Å². The Bertz CT molecular complexity index is 1050. The molecular weight excluding hydrogens is 384 g/mol. The van der Waals surface area contributed by atoms with Crippen molar-refractivity contribution >= 4 is 39.2 Å². The Balaban J connectivity index is 1.39. The number of imide groups is 1. The van der Waals surface area contributed by atoms with E-state index in [1.807, 2.05) is 6.07 Å². The summed E-state index contributed by atoms with van der Waals surface area (Å²) in [6.07, 6.45) is 9.03.